The Balaban J connectivity index is 0.897. The molecule has 22 heteroatoms. The average Bonchev–Trinajstić information content (AvgIpc) is 0.759. The predicted molar refractivity (Wildman–Crippen MR) is 413 cm³/mol. The minimum absolute atomic E-state index is 0.0185. The molecule has 8 aromatic carbocycles. The third kappa shape index (κ3) is 21.9. The number of aliphatic hydroxyl groups is 3. The van der Waals surface area contributed by atoms with Crippen LogP contribution in [0.1, 0.15) is 86.1 Å². The van der Waals surface area contributed by atoms with E-state index < -0.39 is 160 Å². The molecule has 5 aliphatic rings. The molecule has 13 rings (SSSR count). The first-order chi connectivity index (χ1) is 54.7. The summed E-state index contributed by atoms with van der Waals surface area (Å²) in [5.74, 6) is -1.14. The molecule has 0 bridgehead atoms. The van der Waals surface area contributed by atoms with Crippen LogP contribution in [0.2, 0.25) is 0 Å². The van der Waals surface area contributed by atoms with Crippen LogP contribution in [-0.2, 0) is 138 Å². The van der Waals surface area contributed by atoms with Gasteiger partial charge in [0.1, 0.15) is 85.5 Å². The Kier molecular flexibility index (Phi) is 30.3. The summed E-state index contributed by atoms with van der Waals surface area (Å²) in [6.07, 6.45) is -25.1. The second-order valence-corrected chi connectivity index (χ2v) is 29.5. The van der Waals surface area contributed by atoms with Crippen molar-refractivity contribution in [2.24, 2.45) is 5.92 Å². The summed E-state index contributed by atoms with van der Waals surface area (Å²) in [5.41, 5.74) is 7.12. The molecule has 25 atom stereocenters. The van der Waals surface area contributed by atoms with Gasteiger partial charge in [-0.2, -0.15) is 0 Å². The number of ether oxygens (including phenoxy) is 17. The molecule has 0 spiro atoms. The summed E-state index contributed by atoms with van der Waals surface area (Å²) in [6, 6.07) is 77.6. The van der Waals surface area contributed by atoms with Crippen molar-refractivity contribution in [2.45, 2.75) is 242 Å². The highest BCUT2D eigenvalue weighted by atomic mass is 16.8. The molecule has 1 amide bonds. The van der Waals surface area contributed by atoms with E-state index in [-0.39, 0.29) is 65.4 Å². The largest absolute Gasteiger partial charge is 0.394 e. The number of hydrogen-bond donors (Lipinski definition) is 4. The van der Waals surface area contributed by atoms with Gasteiger partial charge in [0.25, 0.3) is 0 Å². The molecule has 4 N–H and O–H groups in total. The smallest absolute Gasteiger partial charge is 0.217 e. The van der Waals surface area contributed by atoms with E-state index in [2.05, 4.69) is 5.32 Å². The van der Waals surface area contributed by atoms with Crippen LogP contribution < -0.4 is 5.32 Å². The topological polar surface area (TPSA) is 247 Å². The number of hydrogen-bond acceptors (Lipinski definition) is 21. The zero-order valence-electron chi connectivity index (χ0n) is 64.3. The van der Waals surface area contributed by atoms with E-state index in [1.807, 2.05) is 270 Å². The lowest BCUT2D eigenvalue weighted by Gasteiger charge is -2.52. The Morgan fingerprint density at radius 1 is 0.312 bits per heavy atom. The highest BCUT2D eigenvalue weighted by Crippen LogP contribution is 2.42. The van der Waals surface area contributed by atoms with Crippen LogP contribution in [0.25, 0.3) is 0 Å². The lowest BCUT2D eigenvalue weighted by Crippen LogP contribution is -2.68. The van der Waals surface area contributed by atoms with Crippen LogP contribution in [0.3, 0.4) is 0 Å². The highest BCUT2D eigenvalue weighted by molar-refractivity contribution is 5.73. The predicted octanol–water partition coefficient (Wildman–Crippen LogP) is 11.4. The van der Waals surface area contributed by atoms with E-state index in [9.17, 15) is 20.1 Å². The van der Waals surface area contributed by atoms with Gasteiger partial charge >= 0.3 is 0 Å². The minimum atomic E-state index is -1.72. The molecule has 112 heavy (non-hydrogen) atoms. The Morgan fingerprint density at radius 2 is 0.625 bits per heavy atom. The number of rotatable bonds is 35. The van der Waals surface area contributed by atoms with Crippen molar-refractivity contribution in [3.8, 4) is 0 Å². The highest BCUT2D eigenvalue weighted by Gasteiger charge is 2.58. The van der Waals surface area contributed by atoms with Gasteiger partial charge in [0.15, 0.2) is 25.2 Å². The molecule has 5 aliphatic heterocycles. The third-order valence-corrected chi connectivity index (χ3v) is 21.2. The van der Waals surface area contributed by atoms with Gasteiger partial charge in [-0.15, -0.1) is 0 Å². The van der Waals surface area contributed by atoms with Gasteiger partial charge in [-0.25, -0.2) is 0 Å². The molecule has 0 aromatic heterocycles. The fraction of sp³-hybridized carbons (Fsp3) is 0.456. The van der Waals surface area contributed by atoms with E-state index >= 15 is 0 Å². The molecule has 8 aromatic rings. The van der Waals surface area contributed by atoms with Gasteiger partial charge in [-0.1, -0.05) is 250 Å². The van der Waals surface area contributed by atoms with Crippen LogP contribution in [0.5, 0.6) is 0 Å². The van der Waals surface area contributed by atoms with Crippen molar-refractivity contribution in [1.29, 1.82) is 0 Å². The number of nitrogens with one attached hydrogen (secondary N) is 1. The first-order valence-corrected chi connectivity index (χ1v) is 39.0. The van der Waals surface area contributed by atoms with Crippen molar-refractivity contribution >= 4 is 5.91 Å². The maximum atomic E-state index is 13.9. The van der Waals surface area contributed by atoms with E-state index in [4.69, 9.17) is 80.5 Å². The molecule has 10 unspecified atom stereocenters. The second-order valence-electron chi connectivity index (χ2n) is 29.5. The van der Waals surface area contributed by atoms with Gasteiger partial charge in [0.05, 0.1) is 103 Å². The summed E-state index contributed by atoms with van der Waals surface area (Å²) in [6.45, 7) is 11.2. The molecule has 22 nitrogen and oxygen atoms in total. The first kappa shape index (κ1) is 82.4. The van der Waals surface area contributed by atoms with E-state index in [1.54, 1.807) is 6.92 Å². The van der Waals surface area contributed by atoms with E-state index in [0.717, 1.165) is 44.5 Å². The number of aliphatic hydroxyl groups excluding tert-OH is 3. The van der Waals surface area contributed by atoms with Crippen LogP contribution >= 0.6 is 0 Å². The molecule has 0 radical (unpaired) electrons. The summed E-state index contributed by atoms with van der Waals surface area (Å²) in [7, 11) is 0. The average molecular weight is 1540 g/mol. The molecular weight excluding hydrogens is 1430 g/mol. The fourth-order valence-corrected chi connectivity index (χ4v) is 15.3. The summed E-state index contributed by atoms with van der Waals surface area (Å²) >= 11 is 0. The lowest BCUT2D eigenvalue weighted by atomic mass is 9.90. The molecule has 5 saturated heterocycles. The van der Waals surface area contributed by atoms with Crippen molar-refractivity contribution in [3.05, 3.63) is 287 Å². The van der Waals surface area contributed by atoms with E-state index in [1.165, 1.54) is 6.92 Å². The molecule has 0 aliphatic carbocycles. The van der Waals surface area contributed by atoms with Gasteiger partial charge in [-0.05, 0) is 72.2 Å². The standard InChI is InChI=1S/C90H107NO21/c1-57-76(77(97-49-64-33-17-8-18-34-64)59(3)105-87(57)110-81-73(91-62(6)93)58(2)104-71(47-92)74(81)94)109-90-86(83(101-53-68-41-25-12-26-42-68)79(61(5)107-90)99-51-66-37-21-10-22-38-66)112-88-75(95)82(78(60(4)106-88)98-50-65-35-19-9-20-36-65)111-89-85(103-55-70-45-29-14-30-46-70)84(102-54-69-43-27-13-28-44-69)80(100-52-67-39-23-11-24-40-67)72(108-89)56-96-48-63-31-15-7-16-32-63/h7-46,57-61,71-90,92,94-95H,47-56H2,1-6H3,(H,91,93)/t57?,58-,59?,60?,61?,71?,72-,73?,74+,75?,76+,77+,78+,79+,80-,81+,82+,83-,84?,85?,86?,87-,88-,89+,90-/m0/s1. The zero-order chi connectivity index (χ0) is 77.7. The number of carbonyl (C=O) groups excluding carboxylic acids is 1. The maximum Gasteiger partial charge on any atom is 0.217 e. The van der Waals surface area contributed by atoms with Crippen molar-refractivity contribution < 1.29 is 101 Å². The first-order valence-electron chi connectivity index (χ1n) is 39.0. The molecule has 5 heterocycles. The minimum Gasteiger partial charge on any atom is -0.394 e. The fourth-order valence-electron chi connectivity index (χ4n) is 15.3. The van der Waals surface area contributed by atoms with E-state index in [0.29, 0.717) is 0 Å². The lowest BCUT2D eigenvalue weighted by molar-refractivity contribution is -0.402. The van der Waals surface area contributed by atoms with Crippen LogP contribution in [0.15, 0.2) is 243 Å². The normalized spacial score (nSPS) is 32.2. The molecule has 5 fully saturated rings. The number of amides is 1. The Labute approximate surface area is 656 Å². The SMILES string of the molecule is CC(=O)NC1[C@H](C)OC(CO)[C@@H](O)[C@@H]1O[C@@H]1OC(C)[C@@H](OCc2ccccc2)[C@H](O[C@@H]2OC(C)[C@@H](OCc3ccccc3)[C@H](OCc3ccccc3)C2O[C@@H]2OC(C)[C@@H](OCc3ccccc3)[C@H](O[C@H]3O[C@@H](COCc4ccccc4)[C@H](OCc4ccccc4)C(OCc4ccccc4)C3OCc3ccccc3)C2O)C1C. The van der Waals surface area contributed by atoms with Gasteiger partial charge in [0.2, 0.25) is 5.91 Å². The maximum absolute atomic E-state index is 13.9. The van der Waals surface area contributed by atoms with Crippen molar-refractivity contribution in [2.75, 3.05) is 13.2 Å². The van der Waals surface area contributed by atoms with Crippen LogP contribution in [0.4, 0.5) is 0 Å². The van der Waals surface area contributed by atoms with Gasteiger partial charge < -0.3 is 101 Å². The summed E-state index contributed by atoms with van der Waals surface area (Å²) < 4.78 is 120. The number of carbonyl (C=O) groups is 1. The summed E-state index contributed by atoms with van der Waals surface area (Å²) in [4.78, 5) is 12.9. The van der Waals surface area contributed by atoms with Crippen LogP contribution in [-0.4, -0.2) is 182 Å². The molecule has 0 saturated carbocycles. The Bertz CT molecular complexity index is 4010. The van der Waals surface area contributed by atoms with Gasteiger partial charge in [-0.3, -0.25) is 4.79 Å². The van der Waals surface area contributed by atoms with Crippen molar-refractivity contribution in [1.82, 2.24) is 5.32 Å². The third-order valence-electron chi connectivity index (χ3n) is 21.2. The van der Waals surface area contributed by atoms with Gasteiger partial charge in [0, 0.05) is 12.8 Å². The van der Waals surface area contributed by atoms with Crippen molar-refractivity contribution in [3.63, 3.8) is 0 Å². The molecular formula is C90H107NO21. The monoisotopic (exact) mass is 1540 g/mol. The second kappa shape index (κ2) is 41.1. The zero-order valence-corrected chi connectivity index (χ0v) is 64.3. The quantitative estimate of drug-likeness (QED) is 0.0288. The Morgan fingerprint density at radius 3 is 1.04 bits per heavy atom. The molecule has 598 valence electrons. The Hall–Kier alpha value is -7.57. The summed E-state index contributed by atoms with van der Waals surface area (Å²) in [5, 5.41) is 39.3. The number of benzene rings is 8. The van der Waals surface area contributed by atoms with Crippen LogP contribution in [0, 0.1) is 5.92 Å².